The van der Waals surface area contributed by atoms with Crippen molar-refractivity contribution in [3.8, 4) is 5.00 Å². The average Bonchev–Trinajstić information content (AvgIpc) is 2.75. The molecule has 0 radical (unpaired) electrons. The lowest BCUT2D eigenvalue weighted by atomic mass is 10.6. The summed E-state index contributed by atoms with van der Waals surface area (Å²) in [4.78, 5) is 4.00. The van der Waals surface area contributed by atoms with Crippen LogP contribution < -0.4 is 0 Å². The van der Waals surface area contributed by atoms with Crippen LogP contribution in [0.25, 0.3) is 5.00 Å². The van der Waals surface area contributed by atoms with Crippen molar-refractivity contribution < 1.29 is 0 Å². The zero-order valence-corrected chi connectivity index (χ0v) is 8.23. The molecule has 0 aliphatic heterocycles. The molecule has 0 aromatic carbocycles. The first-order valence-electron chi connectivity index (χ1n) is 3.52. The number of thioether (sulfide) groups is 1. The van der Waals surface area contributed by atoms with E-state index in [-0.39, 0.29) is 0 Å². The zero-order chi connectivity index (χ0) is 8.39. The fraction of sp³-hybridized carbons (Fsp3) is 0.125. The molecule has 0 aliphatic rings. The topological polar surface area (TPSA) is 17.8 Å². The largest absolute Gasteiger partial charge is 0.297 e. The minimum atomic E-state index is 1.22. The smallest absolute Gasteiger partial charge is 0.101 e. The molecule has 12 heavy (non-hydrogen) atoms. The minimum Gasteiger partial charge on any atom is -0.297 e. The van der Waals surface area contributed by atoms with E-state index in [1.165, 1.54) is 9.21 Å². The fourth-order valence-electron chi connectivity index (χ4n) is 0.948. The molecule has 0 saturated carbocycles. The van der Waals surface area contributed by atoms with E-state index in [1.54, 1.807) is 29.3 Å². The third-order valence-corrected chi connectivity index (χ3v) is 3.71. The summed E-state index contributed by atoms with van der Waals surface area (Å²) in [6.45, 7) is 0. The van der Waals surface area contributed by atoms with Gasteiger partial charge in [-0.1, -0.05) is 0 Å². The fourth-order valence-corrected chi connectivity index (χ4v) is 2.43. The Balaban J connectivity index is 2.35. The number of rotatable bonds is 2. The van der Waals surface area contributed by atoms with Gasteiger partial charge in [0.05, 0.1) is 10.5 Å². The Morgan fingerprint density at radius 1 is 1.50 bits per heavy atom. The summed E-state index contributed by atoms with van der Waals surface area (Å²) in [7, 11) is 0. The predicted molar refractivity (Wildman–Crippen MR) is 53.2 cm³/mol. The van der Waals surface area contributed by atoms with Gasteiger partial charge < -0.3 is 0 Å². The van der Waals surface area contributed by atoms with Crippen LogP contribution in [0.2, 0.25) is 0 Å². The standard InChI is InChI=1S/C8H8N2S2/c1-11-8-3-2-7(12-8)10-5-4-9-6-10/h2-6H,1H3. The van der Waals surface area contributed by atoms with E-state index >= 15 is 0 Å². The first kappa shape index (κ1) is 7.89. The molecule has 62 valence electrons. The van der Waals surface area contributed by atoms with E-state index in [1.807, 2.05) is 17.1 Å². The highest BCUT2D eigenvalue weighted by Crippen LogP contribution is 2.27. The SMILES string of the molecule is CSc1ccc(-n2ccnc2)s1. The summed E-state index contributed by atoms with van der Waals surface area (Å²) in [5.74, 6) is 0. The molecule has 0 fully saturated rings. The number of nitrogens with zero attached hydrogens (tertiary/aromatic N) is 2. The highest BCUT2D eigenvalue weighted by atomic mass is 32.2. The molecule has 0 aliphatic carbocycles. The van der Waals surface area contributed by atoms with E-state index in [0.29, 0.717) is 0 Å². The van der Waals surface area contributed by atoms with E-state index in [9.17, 15) is 0 Å². The first-order chi connectivity index (χ1) is 5.90. The van der Waals surface area contributed by atoms with Gasteiger partial charge in [-0.15, -0.1) is 23.1 Å². The molecule has 0 saturated heterocycles. The highest BCUT2D eigenvalue weighted by Gasteiger charge is 1.99. The zero-order valence-electron chi connectivity index (χ0n) is 6.60. The molecule has 0 amide bonds. The Hall–Kier alpha value is -0.740. The Bertz CT molecular complexity index is 351. The van der Waals surface area contributed by atoms with Crippen molar-refractivity contribution in [3.63, 3.8) is 0 Å². The summed E-state index contributed by atoms with van der Waals surface area (Å²) in [6.07, 6.45) is 7.65. The molecule has 2 heterocycles. The highest BCUT2D eigenvalue weighted by molar-refractivity contribution is 8.00. The van der Waals surface area contributed by atoms with E-state index in [2.05, 4.69) is 23.4 Å². The van der Waals surface area contributed by atoms with Crippen molar-refractivity contribution in [1.82, 2.24) is 9.55 Å². The number of thiophene rings is 1. The van der Waals surface area contributed by atoms with Gasteiger partial charge in [0.1, 0.15) is 5.00 Å². The molecular formula is C8H8N2S2. The summed E-state index contributed by atoms with van der Waals surface area (Å²) in [5.41, 5.74) is 0. The van der Waals surface area contributed by atoms with E-state index < -0.39 is 0 Å². The minimum absolute atomic E-state index is 1.22. The molecule has 2 rings (SSSR count). The van der Waals surface area contributed by atoms with Crippen LogP contribution in [-0.4, -0.2) is 15.8 Å². The van der Waals surface area contributed by atoms with E-state index in [4.69, 9.17) is 0 Å². The van der Waals surface area contributed by atoms with Gasteiger partial charge >= 0.3 is 0 Å². The molecule has 0 bridgehead atoms. The molecule has 2 aromatic rings. The Kier molecular flexibility index (Phi) is 2.19. The van der Waals surface area contributed by atoms with Gasteiger partial charge in [-0.3, -0.25) is 4.57 Å². The van der Waals surface area contributed by atoms with Crippen molar-refractivity contribution in [2.24, 2.45) is 0 Å². The van der Waals surface area contributed by atoms with Gasteiger partial charge in [-0.25, -0.2) is 4.98 Å². The lowest BCUT2D eigenvalue weighted by molar-refractivity contribution is 1.09. The van der Waals surface area contributed by atoms with Gasteiger partial charge in [0.25, 0.3) is 0 Å². The van der Waals surface area contributed by atoms with E-state index in [0.717, 1.165) is 0 Å². The van der Waals surface area contributed by atoms with Crippen LogP contribution in [0.1, 0.15) is 0 Å². The maximum absolute atomic E-state index is 4.00. The number of aromatic nitrogens is 2. The van der Waals surface area contributed by atoms with Crippen LogP contribution >= 0.6 is 23.1 Å². The van der Waals surface area contributed by atoms with Gasteiger partial charge in [0, 0.05) is 12.4 Å². The summed E-state index contributed by atoms with van der Waals surface area (Å²) in [6, 6.07) is 4.24. The third kappa shape index (κ3) is 1.40. The number of hydrogen-bond acceptors (Lipinski definition) is 3. The van der Waals surface area contributed by atoms with Crippen molar-refractivity contribution in [3.05, 3.63) is 30.9 Å². The van der Waals surface area contributed by atoms with Crippen molar-refractivity contribution in [2.75, 3.05) is 6.26 Å². The lowest BCUT2D eigenvalue weighted by Gasteiger charge is -1.93. The molecule has 2 nitrogen and oxygen atoms in total. The second-order valence-electron chi connectivity index (χ2n) is 2.27. The Morgan fingerprint density at radius 2 is 2.42 bits per heavy atom. The lowest BCUT2D eigenvalue weighted by Crippen LogP contribution is -1.82. The second-order valence-corrected chi connectivity index (χ2v) is 4.44. The quantitative estimate of drug-likeness (QED) is 0.687. The maximum atomic E-state index is 4.00. The Labute approximate surface area is 79.3 Å². The number of imidazole rings is 1. The van der Waals surface area contributed by atoms with Gasteiger partial charge in [0.2, 0.25) is 0 Å². The maximum Gasteiger partial charge on any atom is 0.101 e. The third-order valence-electron chi connectivity index (χ3n) is 1.53. The predicted octanol–water partition coefficient (Wildman–Crippen LogP) is 2.66. The van der Waals surface area contributed by atoms with Crippen LogP contribution in [0.3, 0.4) is 0 Å². The van der Waals surface area contributed by atoms with Crippen LogP contribution in [0.5, 0.6) is 0 Å². The molecule has 4 heteroatoms. The molecule has 0 spiro atoms. The first-order valence-corrected chi connectivity index (χ1v) is 5.56. The Morgan fingerprint density at radius 3 is 3.00 bits per heavy atom. The number of hydrogen-bond donors (Lipinski definition) is 0. The summed E-state index contributed by atoms with van der Waals surface area (Å²) >= 11 is 3.55. The van der Waals surface area contributed by atoms with Crippen molar-refractivity contribution in [1.29, 1.82) is 0 Å². The van der Waals surface area contributed by atoms with Crippen molar-refractivity contribution in [2.45, 2.75) is 4.21 Å². The summed E-state index contributed by atoms with van der Waals surface area (Å²) < 4.78 is 3.35. The normalized spacial score (nSPS) is 10.4. The average molecular weight is 196 g/mol. The van der Waals surface area contributed by atoms with Gasteiger partial charge in [-0.05, 0) is 18.4 Å². The molecule has 0 unspecified atom stereocenters. The van der Waals surface area contributed by atoms with Gasteiger partial charge in [-0.2, -0.15) is 0 Å². The van der Waals surface area contributed by atoms with Crippen LogP contribution in [0, 0.1) is 0 Å². The van der Waals surface area contributed by atoms with Gasteiger partial charge in [0.15, 0.2) is 0 Å². The molecular weight excluding hydrogens is 188 g/mol. The second kappa shape index (κ2) is 3.33. The van der Waals surface area contributed by atoms with Crippen LogP contribution in [-0.2, 0) is 0 Å². The summed E-state index contributed by atoms with van der Waals surface area (Å²) in [5, 5.41) is 1.22. The molecule has 2 aromatic heterocycles. The van der Waals surface area contributed by atoms with Crippen LogP contribution in [0.15, 0.2) is 35.1 Å². The molecule has 0 N–H and O–H groups in total. The van der Waals surface area contributed by atoms with Crippen molar-refractivity contribution >= 4 is 23.1 Å². The van der Waals surface area contributed by atoms with Crippen LogP contribution in [0.4, 0.5) is 0 Å². The monoisotopic (exact) mass is 196 g/mol. The molecule has 0 atom stereocenters.